The van der Waals surface area contributed by atoms with Crippen molar-refractivity contribution in [3.8, 4) is 11.4 Å². The van der Waals surface area contributed by atoms with Crippen molar-refractivity contribution in [1.29, 1.82) is 0 Å². The first kappa shape index (κ1) is 26.2. The van der Waals surface area contributed by atoms with Crippen LogP contribution in [0.3, 0.4) is 0 Å². The van der Waals surface area contributed by atoms with E-state index < -0.39 is 27.2 Å². The molecule has 1 atom stereocenters. The van der Waals surface area contributed by atoms with Gasteiger partial charge in [-0.1, -0.05) is 36.4 Å². The Kier molecular flexibility index (Phi) is 6.91. The summed E-state index contributed by atoms with van der Waals surface area (Å²) in [6.07, 6.45) is 1.41. The summed E-state index contributed by atoms with van der Waals surface area (Å²) < 4.78 is 67.6. The van der Waals surface area contributed by atoms with Crippen molar-refractivity contribution in [1.82, 2.24) is 14.3 Å². The molecular formula is C25H29F3N4O3S. The van der Waals surface area contributed by atoms with Gasteiger partial charge in [0.1, 0.15) is 11.6 Å². The number of nitrogens with one attached hydrogen (secondary N) is 1. The van der Waals surface area contributed by atoms with Gasteiger partial charge in [-0.3, -0.25) is 9.36 Å². The number of hydrogen-bond acceptors (Lipinski definition) is 5. The van der Waals surface area contributed by atoms with Gasteiger partial charge in [-0.2, -0.15) is 13.2 Å². The maximum Gasteiger partial charge on any atom is 0.397 e. The molecule has 0 spiro atoms. The third kappa shape index (κ3) is 5.41. The summed E-state index contributed by atoms with van der Waals surface area (Å²) in [5.74, 6) is 0.798. The molecule has 0 amide bonds. The fraction of sp³-hybridized carbons (Fsp3) is 0.440. The Labute approximate surface area is 208 Å². The lowest BCUT2D eigenvalue weighted by atomic mass is 9.82. The molecule has 1 fully saturated rings. The van der Waals surface area contributed by atoms with E-state index in [1.807, 2.05) is 36.1 Å². The molecule has 0 saturated carbocycles. The zero-order valence-corrected chi connectivity index (χ0v) is 21.2. The summed E-state index contributed by atoms with van der Waals surface area (Å²) in [7, 11) is -3.32. The minimum absolute atomic E-state index is 0.187. The average Bonchev–Trinajstić information content (AvgIpc) is 2.78. The number of benzene rings is 1. The molecule has 36 heavy (non-hydrogen) atoms. The molecule has 2 heterocycles. The van der Waals surface area contributed by atoms with E-state index in [0.717, 1.165) is 24.8 Å². The van der Waals surface area contributed by atoms with Crippen LogP contribution in [0.2, 0.25) is 0 Å². The summed E-state index contributed by atoms with van der Waals surface area (Å²) in [5, 5.41) is 0. The van der Waals surface area contributed by atoms with Gasteiger partial charge in [-0.15, -0.1) is 0 Å². The van der Waals surface area contributed by atoms with Crippen LogP contribution in [0, 0.1) is 12.3 Å². The summed E-state index contributed by atoms with van der Waals surface area (Å²) in [5.41, 5.74) is -0.493. The van der Waals surface area contributed by atoms with Crippen LogP contribution in [0.15, 0.2) is 53.4 Å². The van der Waals surface area contributed by atoms with Crippen LogP contribution >= 0.6 is 0 Å². The number of piperidine rings is 1. The maximum absolute atomic E-state index is 13.5. The van der Waals surface area contributed by atoms with Gasteiger partial charge in [0.25, 0.3) is 5.56 Å². The minimum atomic E-state index is -4.41. The zero-order valence-electron chi connectivity index (χ0n) is 20.3. The molecule has 7 nitrogen and oxygen atoms in total. The number of aryl methyl sites for hydroxylation is 1. The number of hydrogen-bond donors (Lipinski definition) is 1. The largest absolute Gasteiger partial charge is 0.397 e. The second-order valence-corrected chi connectivity index (χ2v) is 11.4. The number of nitrogens with zero attached hydrogens (tertiary/aromatic N) is 3. The monoisotopic (exact) mass is 522 g/mol. The van der Waals surface area contributed by atoms with Gasteiger partial charge in [-0.25, -0.2) is 18.1 Å². The van der Waals surface area contributed by atoms with Gasteiger partial charge in [0, 0.05) is 36.5 Å². The molecule has 1 N–H and O–H groups in total. The minimum Gasteiger partial charge on any atom is -0.356 e. The number of sulfonamides is 1. The molecule has 0 bridgehead atoms. The Morgan fingerprint density at radius 2 is 1.83 bits per heavy atom. The number of rotatable bonds is 5. The Hall–Kier alpha value is -2.92. The fourth-order valence-corrected chi connectivity index (χ4v) is 5.35. The Morgan fingerprint density at radius 3 is 2.39 bits per heavy atom. The molecule has 2 aliphatic rings. The SMILES string of the molecule is Cc1ccccc1-c1nc(N2CCC(NS(C)(=O)=O)CC2)cc(=O)n1C1=CCC(C)(C(F)(F)F)C=C1. The molecule has 194 valence electrons. The van der Waals surface area contributed by atoms with Crippen LogP contribution in [0.5, 0.6) is 0 Å². The number of aromatic nitrogens is 2. The summed E-state index contributed by atoms with van der Waals surface area (Å²) in [4.78, 5) is 20.1. The molecule has 1 unspecified atom stereocenters. The first-order valence-electron chi connectivity index (χ1n) is 11.7. The topological polar surface area (TPSA) is 84.3 Å². The third-order valence-electron chi connectivity index (χ3n) is 6.75. The van der Waals surface area contributed by atoms with Crippen molar-refractivity contribution >= 4 is 21.5 Å². The van der Waals surface area contributed by atoms with Gasteiger partial charge in [0.2, 0.25) is 10.0 Å². The highest BCUT2D eigenvalue weighted by Crippen LogP contribution is 2.45. The van der Waals surface area contributed by atoms with Crippen LogP contribution in [-0.4, -0.2) is 49.5 Å². The van der Waals surface area contributed by atoms with Crippen LogP contribution in [0.25, 0.3) is 17.1 Å². The highest BCUT2D eigenvalue weighted by molar-refractivity contribution is 7.88. The molecule has 1 aliphatic heterocycles. The lowest BCUT2D eigenvalue weighted by Crippen LogP contribution is -2.45. The zero-order chi connectivity index (χ0) is 26.3. The van der Waals surface area contributed by atoms with Crippen molar-refractivity contribution in [2.24, 2.45) is 5.41 Å². The Morgan fingerprint density at radius 1 is 1.17 bits per heavy atom. The van der Waals surface area contributed by atoms with Crippen LogP contribution in [-0.2, 0) is 10.0 Å². The number of allylic oxidation sites excluding steroid dienone is 4. The molecule has 1 aliphatic carbocycles. The van der Waals surface area contributed by atoms with Crippen LogP contribution in [0.1, 0.15) is 31.7 Å². The number of anilines is 1. The van der Waals surface area contributed by atoms with Gasteiger partial charge in [-0.05, 0) is 44.7 Å². The molecule has 1 aromatic heterocycles. The standard InChI is InChI=1S/C25H29F3N4O3S/c1-17-6-4-5-7-20(17)23-29-21(31-14-10-18(11-15-31)30-36(3,34)35)16-22(33)32(23)19-8-12-24(2,13-9-19)25(26,27)28/h4-9,12,16,18,30H,10-11,13-15H2,1-3H3. The summed E-state index contributed by atoms with van der Waals surface area (Å²) in [6.45, 7) is 4.02. The Balaban J connectivity index is 1.72. The highest BCUT2D eigenvalue weighted by Gasteiger charge is 2.49. The van der Waals surface area contributed by atoms with E-state index in [9.17, 15) is 26.4 Å². The molecule has 11 heteroatoms. The summed E-state index contributed by atoms with van der Waals surface area (Å²) >= 11 is 0. The number of alkyl halides is 3. The van der Waals surface area contributed by atoms with E-state index in [1.54, 1.807) is 0 Å². The molecular weight excluding hydrogens is 493 g/mol. The van der Waals surface area contributed by atoms with E-state index in [0.29, 0.717) is 48.8 Å². The van der Waals surface area contributed by atoms with Crippen molar-refractivity contribution in [3.05, 3.63) is 64.5 Å². The predicted molar refractivity (Wildman–Crippen MR) is 134 cm³/mol. The average molecular weight is 523 g/mol. The van der Waals surface area contributed by atoms with Crippen molar-refractivity contribution in [3.63, 3.8) is 0 Å². The fourth-order valence-electron chi connectivity index (χ4n) is 4.51. The summed E-state index contributed by atoms with van der Waals surface area (Å²) in [6, 6.07) is 8.59. The second-order valence-electron chi connectivity index (χ2n) is 9.66. The van der Waals surface area contributed by atoms with Crippen molar-refractivity contribution in [2.75, 3.05) is 24.2 Å². The quantitative estimate of drug-likeness (QED) is 0.639. The van der Waals surface area contributed by atoms with Crippen molar-refractivity contribution < 1.29 is 21.6 Å². The highest BCUT2D eigenvalue weighted by atomic mass is 32.2. The van der Waals surface area contributed by atoms with E-state index in [-0.39, 0.29) is 12.5 Å². The normalized spacial score (nSPS) is 21.5. The second kappa shape index (κ2) is 9.51. The smallest absolute Gasteiger partial charge is 0.356 e. The lowest BCUT2D eigenvalue weighted by Gasteiger charge is -2.33. The number of halogens is 3. The molecule has 0 radical (unpaired) electrons. The van der Waals surface area contributed by atoms with E-state index in [1.165, 1.54) is 22.8 Å². The lowest BCUT2D eigenvalue weighted by molar-refractivity contribution is -0.199. The van der Waals surface area contributed by atoms with E-state index in [4.69, 9.17) is 4.98 Å². The first-order valence-corrected chi connectivity index (χ1v) is 13.6. The van der Waals surface area contributed by atoms with Gasteiger partial charge in [0.15, 0.2) is 0 Å². The third-order valence-corrected chi connectivity index (χ3v) is 7.52. The van der Waals surface area contributed by atoms with Gasteiger partial charge in [0.05, 0.1) is 11.7 Å². The van der Waals surface area contributed by atoms with E-state index in [2.05, 4.69) is 4.72 Å². The van der Waals surface area contributed by atoms with E-state index >= 15 is 0 Å². The molecule has 1 aromatic carbocycles. The first-order chi connectivity index (χ1) is 16.8. The molecule has 2 aromatic rings. The Bertz CT molecular complexity index is 1370. The molecule has 4 rings (SSSR count). The van der Waals surface area contributed by atoms with Crippen LogP contribution in [0.4, 0.5) is 19.0 Å². The maximum atomic E-state index is 13.5. The molecule has 1 saturated heterocycles. The van der Waals surface area contributed by atoms with Crippen LogP contribution < -0.4 is 15.2 Å². The van der Waals surface area contributed by atoms with Gasteiger partial charge >= 0.3 is 6.18 Å². The van der Waals surface area contributed by atoms with Gasteiger partial charge < -0.3 is 4.90 Å². The predicted octanol–water partition coefficient (Wildman–Crippen LogP) is 4.11. The van der Waals surface area contributed by atoms with Crippen molar-refractivity contribution in [2.45, 2.75) is 45.3 Å².